The molecule has 0 heterocycles. The Hall–Kier alpha value is -1.19. The van der Waals surface area contributed by atoms with Crippen molar-refractivity contribution < 1.29 is 9.18 Å². The molecule has 0 amide bonds. The Kier molecular flexibility index (Phi) is 4.38. The minimum Gasteiger partial charge on any atom is -0.294 e. The molecule has 0 bridgehead atoms. The summed E-state index contributed by atoms with van der Waals surface area (Å²) in [6, 6.07) is 9.48. The van der Waals surface area contributed by atoms with Gasteiger partial charge in [0.1, 0.15) is 5.82 Å². The van der Waals surface area contributed by atoms with E-state index in [9.17, 15) is 9.18 Å². The summed E-state index contributed by atoms with van der Waals surface area (Å²) in [5.74, 6) is -0.468. The largest absolute Gasteiger partial charge is 0.294 e. The van der Waals surface area contributed by atoms with Gasteiger partial charge in [0, 0.05) is 21.5 Å². The molecule has 0 saturated carbocycles. The molecule has 0 saturated heterocycles. The Bertz CT molecular complexity index is 640. The minimum atomic E-state index is -0.391. The van der Waals surface area contributed by atoms with Crippen LogP contribution >= 0.6 is 27.5 Å². The quantitative estimate of drug-likeness (QED) is 0.720. The van der Waals surface area contributed by atoms with Gasteiger partial charge in [0.2, 0.25) is 0 Å². The molecule has 98 valence electrons. The molecule has 0 radical (unpaired) electrons. The van der Waals surface area contributed by atoms with E-state index in [2.05, 4.69) is 15.9 Å². The number of Topliss-reactive ketones (excluding diaryl/α,β-unsaturated/α-hetero) is 1. The molecule has 2 rings (SSSR count). The first-order valence-corrected chi connectivity index (χ1v) is 6.88. The van der Waals surface area contributed by atoms with Gasteiger partial charge in [-0.05, 0) is 42.3 Å². The Labute approximate surface area is 124 Å². The van der Waals surface area contributed by atoms with E-state index in [1.165, 1.54) is 18.2 Å². The van der Waals surface area contributed by atoms with Gasteiger partial charge in [-0.25, -0.2) is 4.39 Å². The zero-order valence-corrected chi connectivity index (χ0v) is 12.6. The second-order valence-electron chi connectivity index (χ2n) is 4.25. The molecule has 0 fully saturated rings. The molecule has 0 N–H and O–H groups in total. The SMILES string of the molecule is Cc1c(Br)cccc1C(=O)Cc1cc(F)ccc1Cl. The second kappa shape index (κ2) is 5.85. The fraction of sp³-hybridized carbons (Fsp3) is 0.133. The van der Waals surface area contributed by atoms with Crippen molar-refractivity contribution in [1.29, 1.82) is 0 Å². The molecule has 0 aliphatic rings. The van der Waals surface area contributed by atoms with Crippen LogP contribution in [0, 0.1) is 12.7 Å². The maximum absolute atomic E-state index is 13.2. The van der Waals surface area contributed by atoms with Crippen LogP contribution in [-0.4, -0.2) is 5.78 Å². The Morgan fingerprint density at radius 1 is 1.32 bits per heavy atom. The highest BCUT2D eigenvalue weighted by Gasteiger charge is 2.13. The lowest BCUT2D eigenvalue weighted by atomic mass is 9.99. The van der Waals surface area contributed by atoms with Crippen LogP contribution in [-0.2, 0) is 6.42 Å². The summed E-state index contributed by atoms with van der Waals surface area (Å²) in [6.07, 6.45) is 0.0912. The molecule has 0 aliphatic heterocycles. The summed E-state index contributed by atoms with van der Waals surface area (Å²) < 4.78 is 14.0. The first kappa shape index (κ1) is 14.2. The van der Waals surface area contributed by atoms with Gasteiger partial charge in [-0.1, -0.05) is 39.7 Å². The number of carbonyl (C=O) groups is 1. The van der Waals surface area contributed by atoms with Gasteiger partial charge in [-0.3, -0.25) is 4.79 Å². The van der Waals surface area contributed by atoms with Crippen molar-refractivity contribution in [2.24, 2.45) is 0 Å². The summed E-state index contributed by atoms with van der Waals surface area (Å²) >= 11 is 9.36. The Morgan fingerprint density at radius 2 is 2.05 bits per heavy atom. The Balaban J connectivity index is 2.31. The van der Waals surface area contributed by atoms with Gasteiger partial charge in [0.05, 0.1) is 0 Å². The highest BCUT2D eigenvalue weighted by atomic mass is 79.9. The van der Waals surface area contributed by atoms with Gasteiger partial charge < -0.3 is 0 Å². The summed E-state index contributed by atoms with van der Waals surface area (Å²) in [5.41, 5.74) is 2.00. The van der Waals surface area contributed by atoms with E-state index in [1.54, 1.807) is 12.1 Å². The summed E-state index contributed by atoms with van der Waals surface area (Å²) in [7, 11) is 0. The van der Waals surface area contributed by atoms with Gasteiger partial charge in [0.15, 0.2) is 5.78 Å². The van der Waals surface area contributed by atoms with Crippen LogP contribution in [0.1, 0.15) is 21.5 Å². The van der Waals surface area contributed by atoms with Crippen LogP contribution in [0.4, 0.5) is 4.39 Å². The van der Waals surface area contributed by atoms with Crippen molar-refractivity contribution in [1.82, 2.24) is 0 Å². The third kappa shape index (κ3) is 3.23. The highest BCUT2D eigenvalue weighted by Crippen LogP contribution is 2.23. The standard InChI is InChI=1S/C15H11BrClFO/c1-9-12(3-2-4-13(9)16)15(19)8-10-7-11(18)5-6-14(10)17/h2-7H,8H2,1H3. The predicted octanol–water partition coefficient (Wildman–Crippen LogP) is 4.98. The fourth-order valence-corrected chi connectivity index (χ4v) is 2.41. The molecule has 2 aromatic carbocycles. The molecule has 0 spiro atoms. The fourth-order valence-electron chi connectivity index (χ4n) is 1.86. The van der Waals surface area contributed by atoms with Crippen molar-refractivity contribution in [3.8, 4) is 0 Å². The lowest BCUT2D eigenvalue weighted by Gasteiger charge is -2.08. The van der Waals surface area contributed by atoms with E-state index in [4.69, 9.17) is 11.6 Å². The first-order valence-electron chi connectivity index (χ1n) is 5.71. The molecule has 0 atom stereocenters. The molecule has 0 aromatic heterocycles. The third-order valence-corrected chi connectivity index (χ3v) is 4.15. The number of carbonyl (C=O) groups excluding carboxylic acids is 1. The Morgan fingerprint density at radius 3 is 2.79 bits per heavy atom. The molecule has 0 aliphatic carbocycles. The van der Waals surface area contributed by atoms with E-state index < -0.39 is 5.82 Å². The number of ketones is 1. The summed E-state index contributed by atoms with van der Waals surface area (Å²) in [4.78, 5) is 12.2. The second-order valence-corrected chi connectivity index (χ2v) is 5.51. The monoisotopic (exact) mass is 340 g/mol. The number of benzene rings is 2. The number of rotatable bonds is 3. The van der Waals surface area contributed by atoms with Gasteiger partial charge in [-0.15, -0.1) is 0 Å². The normalized spacial score (nSPS) is 10.5. The van der Waals surface area contributed by atoms with Crippen LogP contribution in [0.15, 0.2) is 40.9 Å². The maximum Gasteiger partial charge on any atom is 0.167 e. The summed E-state index contributed by atoms with van der Waals surface area (Å²) in [5, 5.41) is 0.405. The van der Waals surface area contributed by atoms with Crippen molar-refractivity contribution in [3.63, 3.8) is 0 Å². The van der Waals surface area contributed by atoms with Crippen molar-refractivity contribution in [3.05, 3.63) is 68.4 Å². The minimum absolute atomic E-state index is 0.0775. The lowest BCUT2D eigenvalue weighted by Crippen LogP contribution is -2.06. The third-order valence-electron chi connectivity index (χ3n) is 2.93. The van der Waals surface area contributed by atoms with E-state index in [0.29, 0.717) is 16.1 Å². The van der Waals surface area contributed by atoms with Crippen LogP contribution in [0.5, 0.6) is 0 Å². The van der Waals surface area contributed by atoms with E-state index >= 15 is 0 Å². The average molecular weight is 342 g/mol. The van der Waals surface area contributed by atoms with Gasteiger partial charge >= 0.3 is 0 Å². The van der Waals surface area contributed by atoms with Crippen LogP contribution in [0.25, 0.3) is 0 Å². The van der Waals surface area contributed by atoms with Crippen molar-refractivity contribution in [2.75, 3.05) is 0 Å². The smallest absolute Gasteiger partial charge is 0.167 e. The molecule has 1 nitrogen and oxygen atoms in total. The first-order chi connectivity index (χ1) is 8.99. The zero-order valence-electron chi connectivity index (χ0n) is 10.2. The van der Waals surface area contributed by atoms with E-state index in [1.807, 2.05) is 13.0 Å². The summed E-state index contributed by atoms with van der Waals surface area (Å²) in [6.45, 7) is 1.87. The lowest BCUT2D eigenvalue weighted by molar-refractivity contribution is 0.0992. The van der Waals surface area contributed by atoms with E-state index in [0.717, 1.165) is 10.0 Å². The maximum atomic E-state index is 13.2. The molecule has 4 heteroatoms. The van der Waals surface area contributed by atoms with Crippen LogP contribution in [0.3, 0.4) is 0 Å². The number of hydrogen-bond acceptors (Lipinski definition) is 1. The van der Waals surface area contributed by atoms with Crippen molar-refractivity contribution in [2.45, 2.75) is 13.3 Å². The predicted molar refractivity (Wildman–Crippen MR) is 78.3 cm³/mol. The zero-order chi connectivity index (χ0) is 14.0. The van der Waals surface area contributed by atoms with Gasteiger partial charge in [-0.2, -0.15) is 0 Å². The van der Waals surface area contributed by atoms with E-state index in [-0.39, 0.29) is 12.2 Å². The van der Waals surface area contributed by atoms with Crippen LogP contribution < -0.4 is 0 Å². The molecular weight excluding hydrogens is 331 g/mol. The number of hydrogen-bond donors (Lipinski definition) is 0. The number of halogens is 3. The van der Waals surface area contributed by atoms with Crippen LogP contribution in [0.2, 0.25) is 5.02 Å². The molecular formula is C15H11BrClFO. The topological polar surface area (TPSA) is 17.1 Å². The highest BCUT2D eigenvalue weighted by molar-refractivity contribution is 9.10. The van der Waals surface area contributed by atoms with Crippen molar-refractivity contribution >= 4 is 33.3 Å². The molecule has 0 unspecified atom stereocenters. The average Bonchev–Trinajstić information content (AvgIpc) is 2.37. The molecule has 19 heavy (non-hydrogen) atoms. The van der Waals surface area contributed by atoms with Gasteiger partial charge in [0.25, 0.3) is 0 Å². The molecule has 2 aromatic rings.